The van der Waals surface area contributed by atoms with E-state index in [4.69, 9.17) is 14.2 Å². The van der Waals surface area contributed by atoms with E-state index in [9.17, 15) is 4.79 Å². The first-order valence-corrected chi connectivity index (χ1v) is 9.06. The molecule has 0 aromatic carbocycles. The van der Waals surface area contributed by atoms with Crippen molar-refractivity contribution in [2.75, 3.05) is 20.3 Å². The Bertz CT molecular complexity index is 336. The highest BCUT2D eigenvalue weighted by atomic mass is 16.7. The van der Waals surface area contributed by atoms with Crippen LogP contribution in [0.1, 0.15) is 71.1 Å². The second kappa shape index (κ2) is 8.88. The van der Waals surface area contributed by atoms with E-state index < -0.39 is 5.79 Å². The lowest BCUT2D eigenvalue weighted by atomic mass is 9.85. The number of hydrogen-bond acceptors (Lipinski definition) is 4. The SMILES string of the molecule is CCCCCCCCC1C(CC(=O)OC)CCC12OCCO2. The van der Waals surface area contributed by atoms with E-state index in [2.05, 4.69) is 6.92 Å². The number of unbranched alkanes of at least 4 members (excludes halogenated alkanes) is 5. The molecule has 0 bridgehead atoms. The van der Waals surface area contributed by atoms with Gasteiger partial charge >= 0.3 is 5.97 Å². The Morgan fingerprint density at radius 2 is 1.82 bits per heavy atom. The van der Waals surface area contributed by atoms with Crippen molar-refractivity contribution >= 4 is 5.97 Å². The van der Waals surface area contributed by atoms with Gasteiger partial charge in [-0.1, -0.05) is 45.4 Å². The number of carbonyl (C=O) groups excluding carboxylic acids is 1. The molecule has 1 aliphatic carbocycles. The molecule has 2 fully saturated rings. The molecule has 2 aliphatic rings. The zero-order valence-electron chi connectivity index (χ0n) is 14.3. The molecule has 0 aromatic rings. The highest BCUT2D eigenvalue weighted by Gasteiger charge is 2.52. The third kappa shape index (κ3) is 4.45. The predicted molar refractivity (Wildman–Crippen MR) is 85.5 cm³/mol. The first kappa shape index (κ1) is 17.7. The van der Waals surface area contributed by atoms with Crippen LogP contribution in [-0.4, -0.2) is 32.1 Å². The second-order valence-corrected chi connectivity index (χ2v) is 6.75. The molecule has 2 unspecified atom stereocenters. The van der Waals surface area contributed by atoms with Crippen LogP contribution in [0.25, 0.3) is 0 Å². The summed E-state index contributed by atoms with van der Waals surface area (Å²) in [4.78, 5) is 11.7. The number of esters is 1. The zero-order valence-corrected chi connectivity index (χ0v) is 14.3. The van der Waals surface area contributed by atoms with E-state index in [-0.39, 0.29) is 5.97 Å². The highest BCUT2D eigenvalue weighted by molar-refractivity contribution is 5.69. The summed E-state index contributed by atoms with van der Waals surface area (Å²) in [6.07, 6.45) is 11.3. The van der Waals surface area contributed by atoms with E-state index >= 15 is 0 Å². The Morgan fingerprint density at radius 3 is 2.50 bits per heavy atom. The van der Waals surface area contributed by atoms with Crippen LogP contribution in [0.15, 0.2) is 0 Å². The Labute approximate surface area is 134 Å². The quantitative estimate of drug-likeness (QED) is 0.475. The van der Waals surface area contributed by atoms with E-state index in [1.54, 1.807) is 0 Å². The van der Waals surface area contributed by atoms with Crippen LogP contribution in [0.5, 0.6) is 0 Å². The summed E-state index contributed by atoms with van der Waals surface area (Å²) >= 11 is 0. The predicted octanol–water partition coefficient (Wildman–Crippen LogP) is 4.07. The van der Waals surface area contributed by atoms with Crippen molar-refractivity contribution in [3.05, 3.63) is 0 Å². The van der Waals surface area contributed by atoms with Crippen molar-refractivity contribution in [2.24, 2.45) is 11.8 Å². The van der Waals surface area contributed by atoms with Crippen molar-refractivity contribution < 1.29 is 19.0 Å². The lowest BCUT2D eigenvalue weighted by molar-refractivity contribution is -0.188. The van der Waals surface area contributed by atoms with E-state index in [0.29, 0.717) is 31.5 Å². The summed E-state index contributed by atoms with van der Waals surface area (Å²) in [5, 5.41) is 0. The Hall–Kier alpha value is -0.610. The molecule has 0 N–H and O–H groups in total. The minimum atomic E-state index is -0.401. The molecule has 1 saturated carbocycles. The van der Waals surface area contributed by atoms with Crippen LogP contribution in [0.4, 0.5) is 0 Å². The Kier molecular flexibility index (Phi) is 7.16. The van der Waals surface area contributed by atoms with Gasteiger partial charge in [-0.2, -0.15) is 0 Å². The number of carbonyl (C=O) groups is 1. The van der Waals surface area contributed by atoms with Gasteiger partial charge in [-0.05, 0) is 18.8 Å². The van der Waals surface area contributed by atoms with Crippen molar-refractivity contribution in [3.63, 3.8) is 0 Å². The number of methoxy groups -OCH3 is 1. The van der Waals surface area contributed by atoms with Crippen LogP contribution in [-0.2, 0) is 19.0 Å². The van der Waals surface area contributed by atoms with Gasteiger partial charge < -0.3 is 14.2 Å². The minimum absolute atomic E-state index is 0.104. The molecule has 128 valence electrons. The third-order valence-electron chi connectivity index (χ3n) is 5.30. The van der Waals surface area contributed by atoms with Crippen molar-refractivity contribution in [3.8, 4) is 0 Å². The fourth-order valence-corrected chi connectivity index (χ4v) is 4.10. The molecule has 22 heavy (non-hydrogen) atoms. The molecule has 0 aromatic heterocycles. The van der Waals surface area contributed by atoms with Gasteiger partial charge in [0, 0.05) is 18.8 Å². The van der Waals surface area contributed by atoms with E-state index in [0.717, 1.165) is 19.3 Å². The second-order valence-electron chi connectivity index (χ2n) is 6.75. The highest BCUT2D eigenvalue weighted by Crippen LogP contribution is 2.49. The fourth-order valence-electron chi connectivity index (χ4n) is 4.10. The molecule has 1 spiro atoms. The van der Waals surface area contributed by atoms with Crippen molar-refractivity contribution in [1.82, 2.24) is 0 Å². The van der Waals surface area contributed by atoms with E-state index in [1.807, 2.05) is 0 Å². The molecule has 1 aliphatic heterocycles. The van der Waals surface area contributed by atoms with Gasteiger partial charge in [0.05, 0.1) is 20.3 Å². The van der Waals surface area contributed by atoms with Gasteiger partial charge in [0.15, 0.2) is 5.79 Å². The Morgan fingerprint density at radius 1 is 1.14 bits per heavy atom. The molecule has 4 heteroatoms. The molecular weight excluding hydrogens is 280 g/mol. The van der Waals surface area contributed by atoms with Gasteiger partial charge in [0.25, 0.3) is 0 Å². The van der Waals surface area contributed by atoms with Gasteiger partial charge in [0.2, 0.25) is 0 Å². The molecule has 0 radical (unpaired) electrons. The molecule has 0 amide bonds. The summed E-state index contributed by atoms with van der Waals surface area (Å²) in [6.45, 7) is 3.63. The van der Waals surface area contributed by atoms with Crippen LogP contribution in [0.2, 0.25) is 0 Å². The average Bonchev–Trinajstić information content (AvgIpc) is 3.12. The third-order valence-corrected chi connectivity index (χ3v) is 5.30. The first-order valence-electron chi connectivity index (χ1n) is 9.06. The summed E-state index contributed by atoms with van der Waals surface area (Å²) in [5.41, 5.74) is 0. The largest absolute Gasteiger partial charge is 0.469 e. The number of ether oxygens (including phenoxy) is 3. The Balaban J connectivity index is 1.84. The monoisotopic (exact) mass is 312 g/mol. The van der Waals surface area contributed by atoms with Crippen molar-refractivity contribution in [1.29, 1.82) is 0 Å². The van der Waals surface area contributed by atoms with Crippen LogP contribution < -0.4 is 0 Å². The normalized spacial score (nSPS) is 26.6. The molecule has 1 saturated heterocycles. The maximum absolute atomic E-state index is 11.7. The number of hydrogen-bond donors (Lipinski definition) is 0. The summed E-state index contributed by atoms with van der Waals surface area (Å²) < 4.78 is 16.8. The van der Waals surface area contributed by atoms with Crippen LogP contribution in [0, 0.1) is 11.8 Å². The molecule has 2 atom stereocenters. The maximum Gasteiger partial charge on any atom is 0.305 e. The molecule has 1 heterocycles. The van der Waals surface area contributed by atoms with Gasteiger partial charge in [-0.25, -0.2) is 0 Å². The summed E-state index contributed by atoms with van der Waals surface area (Å²) in [6, 6.07) is 0. The lowest BCUT2D eigenvalue weighted by Gasteiger charge is -2.32. The van der Waals surface area contributed by atoms with Gasteiger partial charge in [0.1, 0.15) is 0 Å². The van der Waals surface area contributed by atoms with Gasteiger partial charge in [-0.15, -0.1) is 0 Å². The van der Waals surface area contributed by atoms with Crippen LogP contribution in [0.3, 0.4) is 0 Å². The molecular formula is C18H32O4. The fraction of sp³-hybridized carbons (Fsp3) is 0.944. The number of rotatable bonds is 9. The molecule has 2 rings (SSSR count). The smallest absolute Gasteiger partial charge is 0.305 e. The average molecular weight is 312 g/mol. The summed E-state index contributed by atoms with van der Waals surface area (Å²) in [7, 11) is 1.47. The van der Waals surface area contributed by atoms with Crippen LogP contribution >= 0.6 is 0 Å². The topological polar surface area (TPSA) is 44.8 Å². The maximum atomic E-state index is 11.7. The van der Waals surface area contributed by atoms with Crippen molar-refractivity contribution in [2.45, 2.75) is 76.9 Å². The lowest BCUT2D eigenvalue weighted by Crippen LogP contribution is -2.37. The van der Waals surface area contributed by atoms with Gasteiger partial charge in [-0.3, -0.25) is 4.79 Å². The van der Waals surface area contributed by atoms with E-state index in [1.165, 1.54) is 45.6 Å². The standard InChI is InChI=1S/C18H32O4/c1-3-4-5-6-7-8-9-16-15(14-17(19)20-2)10-11-18(16)21-12-13-22-18/h15-16H,3-14H2,1-2H3. The summed E-state index contributed by atoms with van der Waals surface area (Å²) in [5.74, 6) is 0.191. The molecule has 4 nitrogen and oxygen atoms in total. The zero-order chi connectivity index (χ0) is 15.8. The first-order chi connectivity index (χ1) is 10.7. The minimum Gasteiger partial charge on any atom is -0.469 e.